The van der Waals surface area contributed by atoms with E-state index in [4.69, 9.17) is 4.74 Å². The Kier molecular flexibility index (Phi) is 14.6. The molecule has 6 atom stereocenters. The summed E-state index contributed by atoms with van der Waals surface area (Å²) in [4.78, 5) is 73.2. The van der Waals surface area contributed by atoms with Crippen LogP contribution in [0.25, 0.3) is 0 Å². The van der Waals surface area contributed by atoms with Crippen molar-refractivity contribution in [3.05, 3.63) is 102 Å². The molecule has 292 valence electrons. The molecule has 0 aliphatic carbocycles. The number of piperidine rings is 1. The van der Waals surface area contributed by atoms with Gasteiger partial charge < -0.3 is 19.9 Å². The Morgan fingerprint density at radius 3 is 2.05 bits per heavy atom. The van der Waals surface area contributed by atoms with Gasteiger partial charge in [-0.15, -0.1) is 11.8 Å². The van der Waals surface area contributed by atoms with Gasteiger partial charge >= 0.3 is 5.97 Å². The normalized spacial score (nSPS) is 23.0. The fourth-order valence-electron chi connectivity index (χ4n) is 8.48. The molecule has 3 aliphatic heterocycles. The number of hydrogen-bond acceptors (Lipinski definition) is 7. The Hall–Kier alpha value is -4.44. The van der Waals surface area contributed by atoms with E-state index in [0.29, 0.717) is 51.5 Å². The molecule has 0 unspecified atom stereocenters. The standard InChI is InChI=1S/C45H55N3O6S/c1-54-45(53)39-22-14-23-41-48(39)43(51)36(26-28-55-41)31-40(49)34(29-32-15-6-2-7-16-32)24-25-35(30-33-17-8-3-9-18-33)42(50)46-38-21-12-5-13-27-47(44(38)52)37-19-10-4-11-20-37/h2-4,6-11,15-20,34-36,38-39,41H,5,12-14,21-31H2,1H3,(H,46,50)/t34-,35-,36-,38+,39+,41+/m1/s1. The molecule has 0 aromatic heterocycles. The molecule has 3 heterocycles. The van der Waals surface area contributed by atoms with E-state index < -0.39 is 35.8 Å². The van der Waals surface area contributed by atoms with Crippen molar-refractivity contribution in [2.75, 3.05) is 24.3 Å². The maximum Gasteiger partial charge on any atom is 0.328 e. The van der Waals surface area contributed by atoms with Crippen LogP contribution < -0.4 is 10.2 Å². The van der Waals surface area contributed by atoms with Crippen LogP contribution in [0.4, 0.5) is 5.69 Å². The van der Waals surface area contributed by atoms with Gasteiger partial charge in [0.05, 0.1) is 12.5 Å². The van der Waals surface area contributed by atoms with E-state index in [9.17, 15) is 24.0 Å². The number of thioether (sulfide) groups is 1. The molecular formula is C45H55N3O6S. The van der Waals surface area contributed by atoms with Gasteiger partial charge in [0.1, 0.15) is 17.9 Å². The molecule has 3 aromatic rings. The van der Waals surface area contributed by atoms with Crippen LogP contribution >= 0.6 is 11.8 Å². The van der Waals surface area contributed by atoms with Crippen molar-refractivity contribution >= 4 is 46.9 Å². The van der Waals surface area contributed by atoms with E-state index in [-0.39, 0.29) is 35.3 Å². The van der Waals surface area contributed by atoms with E-state index >= 15 is 0 Å². The molecular weight excluding hydrogens is 711 g/mol. The van der Waals surface area contributed by atoms with Crippen molar-refractivity contribution in [1.29, 1.82) is 0 Å². The lowest BCUT2D eigenvalue weighted by molar-refractivity contribution is -0.157. The van der Waals surface area contributed by atoms with Gasteiger partial charge in [0, 0.05) is 36.4 Å². The maximum atomic E-state index is 14.4. The Bertz CT molecular complexity index is 1740. The number of ether oxygens (including phenoxy) is 1. The van der Waals surface area contributed by atoms with Gasteiger partial charge in [0.2, 0.25) is 17.7 Å². The number of amides is 3. The summed E-state index contributed by atoms with van der Waals surface area (Å²) in [5.74, 6) is -1.46. The van der Waals surface area contributed by atoms with Crippen molar-refractivity contribution in [3.8, 4) is 0 Å². The summed E-state index contributed by atoms with van der Waals surface area (Å²) in [6.07, 6.45) is 8.09. The van der Waals surface area contributed by atoms with Crippen LogP contribution in [0.5, 0.6) is 0 Å². The second-order valence-electron chi connectivity index (χ2n) is 15.3. The van der Waals surface area contributed by atoms with E-state index in [1.165, 1.54) is 7.11 Å². The number of fused-ring (bicyclic) bond motifs is 1. The first-order valence-corrected chi connectivity index (χ1v) is 21.2. The minimum atomic E-state index is -0.639. The number of para-hydroxylation sites is 1. The first-order valence-electron chi connectivity index (χ1n) is 20.1. The number of carbonyl (C=O) groups excluding carboxylic acids is 5. The van der Waals surface area contributed by atoms with E-state index in [2.05, 4.69) is 5.32 Å². The molecule has 3 fully saturated rings. The van der Waals surface area contributed by atoms with Gasteiger partial charge in [-0.25, -0.2) is 4.79 Å². The van der Waals surface area contributed by atoms with Crippen LogP contribution in [0.2, 0.25) is 0 Å². The lowest BCUT2D eigenvalue weighted by atomic mass is 9.82. The Labute approximate surface area is 329 Å². The largest absolute Gasteiger partial charge is 0.467 e. The number of hydrogen-bond donors (Lipinski definition) is 1. The molecule has 6 rings (SSSR count). The Balaban J connectivity index is 1.20. The number of nitrogens with one attached hydrogen (secondary N) is 1. The zero-order valence-electron chi connectivity index (χ0n) is 32.0. The summed E-state index contributed by atoms with van der Waals surface area (Å²) in [7, 11) is 1.36. The summed E-state index contributed by atoms with van der Waals surface area (Å²) in [6, 6.07) is 28.2. The molecule has 3 amide bonds. The van der Waals surface area contributed by atoms with Gasteiger partial charge in [-0.1, -0.05) is 91.7 Å². The van der Waals surface area contributed by atoms with Crippen LogP contribution in [-0.4, -0.2) is 71.2 Å². The van der Waals surface area contributed by atoms with Crippen molar-refractivity contribution in [1.82, 2.24) is 10.2 Å². The first-order chi connectivity index (χ1) is 26.8. The minimum absolute atomic E-state index is 0.00449. The smallest absolute Gasteiger partial charge is 0.328 e. The number of ketones is 1. The van der Waals surface area contributed by atoms with Crippen LogP contribution in [-0.2, 0) is 41.6 Å². The van der Waals surface area contributed by atoms with E-state index in [0.717, 1.165) is 54.7 Å². The average Bonchev–Trinajstić information content (AvgIpc) is 3.37. The third-order valence-corrected chi connectivity index (χ3v) is 12.9. The summed E-state index contributed by atoms with van der Waals surface area (Å²) in [5.41, 5.74) is 2.87. The second kappa shape index (κ2) is 19.9. The maximum absolute atomic E-state index is 14.4. The monoisotopic (exact) mass is 765 g/mol. The van der Waals surface area contributed by atoms with Gasteiger partial charge in [-0.2, -0.15) is 0 Å². The lowest BCUT2D eigenvalue weighted by Crippen LogP contribution is -2.53. The third kappa shape index (κ3) is 10.7. The topological polar surface area (TPSA) is 113 Å². The number of Topliss-reactive ketones (excluding diaryl/α,β-unsaturated/α-hetero) is 1. The summed E-state index contributed by atoms with van der Waals surface area (Å²) < 4.78 is 5.09. The summed E-state index contributed by atoms with van der Waals surface area (Å²) >= 11 is 1.69. The van der Waals surface area contributed by atoms with Gasteiger partial charge in [-0.05, 0) is 93.2 Å². The molecule has 0 bridgehead atoms. The number of methoxy groups -OCH3 is 1. The molecule has 0 radical (unpaired) electrons. The van der Waals surface area contributed by atoms with Crippen LogP contribution in [0.3, 0.4) is 0 Å². The highest BCUT2D eigenvalue weighted by Gasteiger charge is 2.44. The SMILES string of the molecule is COC(=O)[C@@H]1CCC[C@@H]2SCC[C@H](CC(=O)[C@H](CC[C@H](Cc3ccccc3)C(=O)N[C@H]3CCCCCN(c4ccccc4)C3=O)Cc3ccccc3)C(=O)N21. The highest BCUT2D eigenvalue weighted by Crippen LogP contribution is 2.38. The highest BCUT2D eigenvalue weighted by molar-refractivity contribution is 7.99. The molecule has 0 spiro atoms. The molecule has 0 saturated carbocycles. The molecule has 3 saturated heterocycles. The number of rotatable bonds is 14. The van der Waals surface area contributed by atoms with Crippen LogP contribution in [0.1, 0.15) is 81.8 Å². The van der Waals surface area contributed by atoms with Gasteiger partial charge in [0.25, 0.3) is 0 Å². The molecule has 3 aromatic carbocycles. The highest BCUT2D eigenvalue weighted by atomic mass is 32.2. The minimum Gasteiger partial charge on any atom is -0.467 e. The Morgan fingerprint density at radius 1 is 0.745 bits per heavy atom. The first kappa shape index (κ1) is 40.2. The number of benzene rings is 3. The van der Waals surface area contributed by atoms with E-state index in [1.54, 1.807) is 21.6 Å². The molecule has 55 heavy (non-hydrogen) atoms. The Morgan fingerprint density at radius 2 is 1.38 bits per heavy atom. The molecule has 3 aliphatic rings. The summed E-state index contributed by atoms with van der Waals surface area (Å²) in [5, 5.41) is 3.09. The fraction of sp³-hybridized carbons (Fsp3) is 0.489. The molecule has 9 nitrogen and oxygen atoms in total. The zero-order chi connectivity index (χ0) is 38.6. The van der Waals surface area contributed by atoms with Gasteiger partial charge in [-0.3, -0.25) is 19.2 Å². The van der Waals surface area contributed by atoms with Crippen molar-refractivity contribution in [3.63, 3.8) is 0 Å². The summed E-state index contributed by atoms with van der Waals surface area (Å²) in [6.45, 7) is 0.607. The average molecular weight is 766 g/mol. The van der Waals surface area contributed by atoms with Gasteiger partial charge in [0.15, 0.2) is 0 Å². The molecule has 1 N–H and O–H groups in total. The number of esters is 1. The van der Waals surface area contributed by atoms with Crippen molar-refractivity contribution in [2.24, 2.45) is 17.8 Å². The predicted molar refractivity (Wildman–Crippen MR) is 216 cm³/mol. The van der Waals surface area contributed by atoms with Crippen LogP contribution in [0, 0.1) is 17.8 Å². The third-order valence-electron chi connectivity index (χ3n) is 11.5. The quantitative estimate of drug-likeness (QED) is 0.173. The lowest BCUT2D eigenvalue weighted by Gasteiger charge is -2.40. The number of anilines is 1. The van der Waals surface area contributed by atoms with E-state index in [1.807, 2.05) is 91.0 Å². The van der Waals surface area contributed by atoms with Crippen LogP contribution in [0.15, 0.2) is 91.0 Å². The second-order valence-corrected chi connectivity index (χ2v) is 16.6. The van der Waals surface area contributed by atoms with Crippen molar-refractivity contribution < 1.29 is 28.7 Å². The predicted octanol–water partition coefficient (Wildman–Crippen LogP) is 7.17. The zero-order valence-corrected chi connectivity index (χ0v) is 32.8. The number of nitrogens with zero attached hydrogens (tertiary/aromatic N) is 2. The number of carbonyl (C=O) groups is 5. The van der Waals surface area contributed by atoms with Crippen molar-refractivity contribution in [2.45, 2.75) is 101 Å². The molecule has 10 heteroatoms. The fourth-order valence-corrected chi connectivity index (χ4v) is 9.92.